The van der Waals surface area contributed by atoms with Crippen LogP contribution in [0.3, 0.4) is 0 Å². The molecule has 4 nitrogen and oxygen atoms in total. The molecule has 12 heteroatoms. The Hall–Kier alpha value is -3.44. The summed E-state index contributed by atoms with van der Waals surface area (Å²) in [6, 6.07) is 13.5. The van der Waals surface area contributed by atoms with Crippen molar-refractivity contribution in [2.45, 2.75) is 37.7 Å². The van der Waals surface area contributed by atoms with Crippen LogP contribution in [-0.4, -0.2) is 41.6 Å². The minimum atomic E-state index is -6.37. The number of fused-ring (bicyclic) bond motifs is 1. The number of rotatable bonds is 10. The quantitative estimate of drug-likeness (QED) is 0.230. The lowest BCUT2D eigenvalue weighted by Gasteiger charge is -2.32. The van der Waals surface area contributed by atoms with Gasteiger partial charge in [-0.3, -0.25) is 4.79 Å². The molecule has 3 rings (SSSR count). The molecule has 0 spiro atoms. The zero-order chi connectivity index (χ0) is 26.0. The van der Waals surface area contributed by atoms with E-state index in [1.165, 1.54) is 19.1 Å². The lowest BCUT2D eigenvalue weighted by molar-refractivity contribution is -0.342. The Labute approximate surface area is 193 Å². The highest BCUT2D eigenvalue weighted by atomic mass is 19.4. The fourth-order valence-electron chi connectivity index (χ4n) is 2.97. The number of carbonyl (C=O) groups excluding carboxylic acids is 1. The molecular weight excluding hydrogens is 490 g/mol. The predicted molar refractivity (Wildman–Crippen MR) is 109 cm³/mol. The second kappa shape index (κ2) is 9.67. The predicted octanol–water partition coefficient (Wildman–Crippen LogP) is 6.57. The third kappa shape index (κ3) is 5.30. The molecule has 188 valence electrons. The van der Waals surface area contributed by atoms with E-state index in [9.17, 15) is 39.9 Å². The maximum Gasteiger partial charge on any atom is 0.381 e. The van der Waals surface area contributed by atoms with Crippen molar-refractivity contribution in [3.05, 3.63) is 65.9 Å². The van der Waals surface area contributed by atoms with Crippen LogP contribution in [0.5, 0.6) is 11.5 Å². The molecule has 0 fully saturated rings. The van der Waals surface area contributed by atoms with E-state index >= 15 is 0 Å². The summed E-state index contributed by atoms with van der Waals surface area (Å²) in [5, 5.41) is 0.184. The van der Waals surface area contributed by atoms with Crippen molar-refractivity contribution in [3.8, 4) is 11.5 Å². The molecule has 0 bridgehead atoms. The number of hydrogen-bond donors (Lipinski definition) is 0. The van der Waals surface area contributed by atoms with Crippen LogP contribution in [0.1, 0.15) is 23.0 Å². The lowest BCUT2D eigenvalue weighted by Crippen LogP contribution is -2.59. The van der Waals surface area contributed by atoms with Gasteiger partial charge < -0.3 is 9.47 Å². The highest BCUT2D eigenvalue weighted by Crippen LogP contribution is 2.48. The molecule has 0 amide bonds. The van der Waals surface area contributed by atoms with E-state index in [1.54, 1.807) is 30.3 Å². The summed E-state index contributed by atoms with van der Waals surface area (Å²) >= 11 is 0. The van der Waals surface area contributed by atoms with Gasteiger partial charge in [0.1, 0.15) is 23.8 Å². The first-order chi connectivity index (χ1) is 16.3. The molecule has 35 heavy (non-hydrogen) atoms. The van der Waals surface area contributed by atoms with Crippen LogP contribution < -0.4 is 9.47 Å². The first-order valence-electron chi connectivity index (χ1n) is 9.93. The average Bonchev–Trinajstić information content (AvgIpc) is 2.80. The van der Waals surface area contributed by atoms with Crippen LogP contribution in [0.15, 0.2) is 54.6 Å². The molecule has 2 aromatic carbocycles. The third-order valence-electron chi connectivity index (χ3n) is 4.89. The molecule has 3 aromatic rings. The number of carbonyl (C=O) groups is 1. The van der Waals surface area contributed by atoms with E-state index in [2.05, 4.69) is 9.72 Å². The molecule has 0 N–H and O–H groups in total. The Bertz CT molecular complexity index is 1200. The van der Waals surface area contributed by atoms with E-state index in [0.29, 0.717) is 0 Å². The van der Waals surface area contributed by atoms with Crippen molar-refractivity contribution < 1.29 is 49.4 Å². The van der Waals surface area contributed by atoms with Crippen molar-refractivity contribution in [1.82, 2.24) is 4.98 Å². The molecule has 0 aliphatic rings. The Morgan fingerprint density at radius 3 is 2.20 bits per heavy atom. The summed E-state index contributed by atoms with van der Waals surface area (Å²) in [5.74, 6) is -19.1. The van der Waals surface area contributed by atoms with Crippen LogP contribution in [0.25, 0.3) is 10.9 Å². The highest BCUT2D eigenvalue weighted by Gasteiger charge is 2.75. The maximum absolute atomic E-state index is 13.8. The summed E-state index contributed by atoms with van der Waals surface area (Å²) in [6.45, 7) is -0.993. The number of aromatic nitrogens is 1. The van der Waals surface area contributed by atoms with E-state index < -0.39 is 42.3 Å². The van der Waals surface area contributed by atoms with Crippen LogP contribution in [-0.2, 0) is 6.61 Å². The van der Waals surface area contributed by atoms with Gasteiger partial charge in [0, 0.05) is 12.3 Å². The van der Waals surface area contributed by atoms with Crippen LogP contribution in [0, 0.1) is 0 Å². The number of nitrogens with zero attached hydrogens (tertiary/aromatic N) is 1. The van der Waals surface area contributed by atoms with Gasteiger partial charge in [0.15, 0.2) is 12.4 Å². The molecule has 0 unspecified atom stereocenters. The summed E-state index contributed by atoms with van der Waals surface area (Å²) in [6.07, 6.45) is -5.01. The largest absolute Gasteiger partial charge is 0.487 e. The van der Waals surface area contributed by atoms with Gasteiger partial charge in [0.25, 0.3) is 0 Å². The first kappa shape index (κ1) is 26.2. The molecular formula is C23H17F8NO3. The summed E-state index contributed by atoms with van der Waals surface area (Å²) in [5.41, 5.74) is 0.932. The fourth-order valence-corrected chi connectivity index (χ4v) is 2.97. The van der Waals surface area contributed by atoms with Gasteiger partial charge in [-0.1, -0.05) is 30.3 Å². The Morgan fingerprint density at radius 2 is 1.60 bits per heavy atom. The van der Waals surface area contributed by atoms with Crippen LogP contribution in [0.2, 0.25) is 0 Å². The number of ether oxygens (including phenoxy) is 2. The van der Waals surface area contributed by atoms with E-state index in [1.807, 2.05) is 0 Å². The first-order valence-corrected chi connectivity index (χ1v) is 9.93. The van der Waals surface area contributed by atoms with E-state index in [0.717, 1.165) is 17.7 Å². The van der Waals surface area contributed by atoms with Gasteiger partial charge in [-0.25, -0.2) is 13.8 Å². The highest BCUT2D eigenvalue weighted by molar-refractivity contribution is 5.98. The van der Waals surface area contributed by atoms with Crippen molar-refractivity contribution in [1.29, 1.82) is 0 Å². The number of pyridine rings is 1. The van der Waals surface area contributed by atoms with Gasteiger partial charge >= 0.3 is 24.2 Å². The normalized spacial score (nSPS) is 12.7. The number of hydrogen-bond acceptors (Lipinski definition) is 4. The van der Waals surface area contributed by atoms with Crippen molar-refractivity contribution in [2.75, 3.05) is 6.61 Å². The standard InChI is InChI=1S/C23H17F8NO3/c1-13(33)19-18(34-11-14-5-3-2-4-6-14)10-15-9-16(7-8-17(15)32-19)35-12-21(26,27)23(30,31)22(28,29)20(24)25/h2-10,20H,11-12H2,1H3. The third-order valence-corrected chi connectivity index (χ3v) is 4.89. The molecule has 0 aliphatic heterocycles. The average molecular weight is 507 g/mol. The SMILES string of the molecule is CC(=O)c1nc2ccc(OCC(F)(F)C(F)(F)C(F)(F)C(F)F)cc2cc1OCc1ccccc1. The summed E-state index contributed by atoms with van der Waals surface area (Å²) in [7, 11) is 0. The summed E-state index contributed by atoms with van der Waals surface area (Å²) in [4.78, 5) is 16.1. The summed E-state index contributed by atoms with van der Waals surface area (Å²) < 4.78 is 115. The van der Waals surface area contributed by atoms with Gasteiger partial charge in [-0.15, -0.1) is 0 Å². The van der Waals surface area contributed by atoms with E-state index in [4.69, 9.17) is 4.74 Å². The van der Waals surface area contributed by atoms with Gasteiger partial charge in [0.05, 0.1) is 5.52 Å². The minimum absolute atomic E-state index is 0.0255. The van der Waals surface area contributed by atoms with Crippen LogP contribution >= 0.6 is 0 Å². The van der Waals surface area contributed by atoms with Crippen LogP contribution in [0.4, 0.5) is 35.1 Å². The molecule has 0 aliphatic carbocycles. The number of halogens is 8. The second-order valence-electron chi connectivity index (χ2n) is 7.51. The van der Waals surface area contributed by atoms with Crippen molar-refractivity contribution in [3.63, 3.8) is 0 Å². The number of ketones is 1. The monoisotopic (exact) mass is 507 g/mol. The molecule has 0 saturated carbocycles. The number of alkyl halides is 8. The van der Waals surface area contributed by atoms with Gasteiger partial charge in [0.2, 0.25) is 0 Å². The Morgan fingerprint density at radius 1 is 0.943 bits per heavy atom. The lowest BCUT2D eigenvalue weighted by atomic mass is 10.1. The zero-order valence-electron chi connectivity index (χ0n) is 17.9. The number of Topliss-reactive ketones (excluding diaryl/α,β-unsaturated/α-hetero) is 1. The molecule has 0 radical (unpaired) electrons. The minimum Gasteiger partial charge on any atom is -0.487 e. The van der Waals surface area contributed by atoms with Crippen molar-refractivity contribution >= 4 is 16.7 Å². The molecule has 0 saturated heterocycles. The van der Waals surface area contributed by atoms with Gasteiger partial charge in [-0.2, -0.15) is 26.3 Å². The molecule has 1 aromatic heterocycles. The Balaban J connectivity index is 1.85. The van der Waals surface area contributed by atoms with E-state index in [-0.39, 0.29) is 29.0 Å². The molecule has 1 heterocycles. The Kier molecular flexibility index (Phi) is 7.23. The molecule has 0 atom stereocenters. The van der Waals surface area contributed by atoms with Gasteiger partial charge in [-0.05, 0) is 29.8 Å². The topological polar surface area (TPSA) is 48.4 Å². The fraction of sp³-hybridized carbons (Fsp3) is 0.304. The smallest absolute Gasteiger partial charge is 0.381 e. The van der Waals surface area contributed by atoms with Crippen molar-refractivity contribution in [2.24, 2.45) is 0 Å². The maximum atomic E-state index is 13.8. The second-order valence-corrected chi connectivity index (χ2v) is 7.51. The zero-order valence-corrected chi connectivity index (χ0v) is 17.9. The number of benzene rings is 2.